The second-order valence-corrected chi connectivity index (χ2v) is 7.78. The molecule has 1 aromatic carbocycles. The maximum Gasteiger partial charge on any atom is 0.253 e. The number of nitrogens with zero attached hydrogens (tertiary/aromatic N) is 3. The van der Waals surface area contributed by atoms with E-state index in [9.17, 15) is 9.59 Å². The van der Waals surface area contributed by atoms with Crippen molar-refractivity contribution in [3.63, 3.8) is 0 Å². The summed E-state index contributed by atoms with van der Waals surface area (Å²) in [5, 5.41) is 0.809. The van der Waals surface area contributed by atoms with Crippen LogP contribution >= 0.6 is 23.2 Å². The minimum absolute atomic E-state index is 0.0610. The number of carbonyl (C=O) groups excluding carboxylic acids is 2. The van der Waals surface area contributed by atoms with Gasteiger partial charge in [0.15, 0.2) is 5.78 Å². The topological polar surface area (TPSA) is 45.6 Å². The number of hydrogen-bond donors (Lipinski definition) is 0. The summed E-state index contributed by atoms with van der Waals surface area (Å²) >= 11 is 11.9. The minimum atomic E-state index is -0.0610. The molecule has 0 saturated carbocycles. The Labute approximate surface area is 169 Å². The van der Waals surface area contributed by atoms with Crippen LogP contribution in [0, 0.1) is 13.8 Å². The maximum absolute atomic E-state index is 12.6. The molecule has 2 heterocycles. The van der Waals surface area contributed by atoms with E-state index in [1.165, 1.54) is 0 Å². The van der Waals surface area contributed by atoms with E-state index in [4.69, 9.17) is 23.2 Å². The largest absolute Gasteiger partial charge is 0.351 e. The van der Waals surface area contributed by atoms with Gasteiger partial charge in [0.05, 0.1) is 16.6 Å². The summed E-state index contributed by atoms with van der Waals surface area (Å²) in [4.78, 5) is 29.2. The molecule has 0 spiro atoms. The van der Waals surface area contributed by atoms with Gasteiger partial charge in [-0.3, -0.25) is 14.5 Å². The number of Topliss-reactive ketones (excluding diaryl/α,β-unsaturated/α-hetero) is 1. The first-order valence-electron chi connectivity index (χ1n) is 8.90. The number of rotatable bonds is 4. The maximum atomic E-state index is 12.6. The normalized spacial score (nSPS) is 15.2. The highest BCUT2D eigenvalue weighted by Gasteiger charge is 2.25. The number of benzene rings is 1. The van der Waals surface area contributed by atoms with Gasteiger partial charge in [0.2, 0.25) is 0 Å². The zero-order chi connectivity index (χ0) is 19.7. The van der Waals surface area contributed by atoms with Crippen LogP contribution in [0.4, 0.5) is 0 Å². The lowest BCUT2D eigenvalue weighted by molar-refractivity contribution is 0.0624. The summed E-state index contributed by atoms with van der Waals surface area (Å²) in [6, 6.07) is 6.87. The van der Waals surface area contributed by atoms with Crippen LogP contribution in [0.5, 0.6) is 0 Å². The van der Waals surface area contributed by atoms with Gasteiger partial charge >= 0.3 is 0 Å². The van der Waals surface area contributed by atoms with E-state index in [2.05, 4.69) is 4.90 Å². The van der Waals surface area contributed by atoms with Crippen LogP contribution < -0.4 is 0 Å². The molecule has 7 heteroatoms. The van der Waals surface area contributed by atoms with Gasteiger partial charge in [0.25, 0.3) is 5.91 Å². The van der Waals surface area contributed by atoms with Gasteiger partial charge in [-0.2, -0.15) is 0 Å². The molecule has 0 N–H and O–H groups in total. The van der Waals surface area contributed by atoms with Gasteiger partial charge < -0.3 is 9.47 Å². The Bertz CT molecular complexity index is 884. The van der Waals surface area contributed by atoms with E-state index in [0.717, 1.165) is 17.0 Å². The van der Waals surface area contributed by atoms with Gasteiger partial charge in [-0.05, 0) is 38.1 Å². The Morgan fingerprint density at radius 1 is 1.00 bits per heavy atom. The van der Waals surface area contributed by atoms with E-state index in [1.807, 2.05) is 31.5 Å². The molecule has 5 nitrogen and oxygen atoms in total. The average molecular weight is 408 g/mol. The highest BCUT2D eigenvalue weighted by Crippen LogP contribution is 2.23. The Kier molecular flexibility index (Phi) is 5.94. The first-order valence-corrected chi connectivity index (χ1v) is 9.66. The number of aryl methyl sites for hydroxylation is 1. The fourth-order valence-corrected chi connectivity index (χ4v) is 3.64. The van der Waals surface area contributed by atoms with Crippen LogP contribution in [-0.4, -0.2) is 58.8 Å². The molecule has 0 atom stereocenters. The lowest BCUT2D eigenvalue weighted by Gasteiger charge is -2.34. The fourth-order valence-electron chi connectivity index (χ4n) is 3.35. The van der Waals surface area contributed by atoms with Crippen molar-refractivity contribution in [1.82, 2.24) is 14.4 Å². The van der Waals surface area contributed by atoms with Crippen molar-refractivity contribution in [3.8, 4) is 0 Å². The van der Waals surface area contributed by atoms with Crippen LogP contribution in [0.1, 0.15) is 32.1 Å². The van der Waals surface area contributed by atoms with Crippen molar-refractivity contribution in [3.05, 3.63) is 56.8 Å². The molecule has 1 aliphatic rings. The summed E-state index contributed by atoms with van der Waals surface area (Å²) in [6.07, 6.45) is 0. The average Bonchev–Trinajstić information content (AvgIpc) is 2.91. The third-order valence-corrected chi connectivity index (χ3v) is 6.01. The molecule has 0 unspecified atom stereocenters. The Morgan fingerprint density at radius 3 is 2.22 bits per heavy atom. The molecule has 1 amide bonds. The molecule has 1 aromatic heterocycles. The zero-order valence-corrected chi connectivity index (χ0v) is 17.3. The highest BCUT2D eigenvalue weighted by atomic mass is 35.5. The third kappa shape index (κ3) is 4.21. The standard InChI is InChI=1S/C20H23Cl2N3O2/c1-13-10-16(14(2)23(13)3)19(26)12-24-6-8-25(9-7-24)20(27)15-4-5-17(21)18(22)11-15/h4-5,10-11H,6-9,12H2,1-3H3. The second-order valence-electron chi connectivity index (χ2n) is 6.96. The van der Waals surface area contributed by atoms with Crippen LogP contribution in [0.15, 0.2) is 24.3 Å². The summed E-state index contributed by atoms with van der Waals surface area (Å²) in [7, 11) is 1.97. The molecule has 1 fully saturated rings. The number of ketones is 1. The number of amides is 1. The number of aromatic nitrogens is 1. The quantitative estimate of drug-likeness (QED) is 0.727. The van der Waals surface area contributed by atoms with Crippen molar-refractivity contribution in [1.29, 1.82) is 0 Å². The first kappa shape index (κ1) is 19.9. The predicted octanol–water partition coefficient (Wildman–Crippen LogP) is 3.59. The monoisotopic (exact) mass is 407 g/mol. The zero-order valence-electron chi connectivity index (χ0n) is 15.8. The van der Waals surface area contributed by atoms with E-state index in [1.54, 1.807) is 23.1 Å². The summed E-state index contributed by atoms with van der Waals surface area (Å²) in [6.45, 7) is 6.84. The molecule has 144 valence electrons. The second kappa shape index (κ2) is 8.05. The summed E-state index contributed by atoms with van der Waals surface area (Å²) in [5.74, 6) is 0.0644. The molecule has 0 bridgehead atoms. The Morgan fingerprint density at radius 2 is 1.67 bits per heavy atom. The molecule has 2 aromatic rings. The first-order chi connectivity index (χ1) is 12.8. The van der Waals surface area contributed by atoms with Crippen LogP contribution in [0.3, 0.4) is 0 Å². The number of halogens is 2. The lowest BCUT2D eigenvalue weighted by Crippen LogP contribution is -2.49. The SMILES string of the molecule is Cc1cc(C(=O)CN2CCN(C(=O)c3ccc(Cl)c(Cl)c3)CC2)c(C)n1C. The number of carbonyl (C=O) groups is 2. The van der Waals surface area contributed by atoms with Crippen molar-refractivity contribution in [2.45, 2.75) is 13.8 Å². The highest BCUT2D eigenvalue weighted by molar-refractivity contribution is 6.42. The molecule has 3 rings (SSSR count). The van der Waals surface area contributed by atoms with Gasteiger partial charge in [-0.15, -0.1) is 0 Å². The summed E-state index contributed by atoms with van der Waals surface area (Å²) in [5.41, 5.74) is 3.38. The lowest BCUT2D eigenvalue weighted by atomic mass is 10.1. The van der Waals surface area contributed by atoms with Crippen molar-refractivity contribution in [2.75, 3.05) is 32.7 Å². The third-order valence-electron chi connectivity index (χ3n) is 5.27. The molecular formula is C20H23Cl2N3O2. The molecule has 1 aliphatic heterocycles. The number of piperazine rings is 1. The van der Waals surface area contributed by atoms with E-state index < -0.39 is 0 Å². The van der Waals surface area contributed by atoms with E-state index in [-0.39, 0.29) is 11.7 Å². The van der Waals surface area contributed by atoms with Crippen molar-refractivity contribution < 1.29 is 9.59 Å². The predicted molar refractivity (Wildman–Crippen MR) is 108 cm³/mol. The van der Waals surface area contributed by atoms with Crippen molar-refractivity contribution in [2.24, 2.45) is 7.05 Å². The molecule has 27 heavy (non-hydrogen) atoms. The van der Waals surface area contributed by atoms with Gasteiger partial charge in [0, 0.05) is 55.7 Å². The number of hydrogen-bond acceptors (Lipinski definition) is 3. The molecule has 0 radical (unpaired) electrons. The van der Waals surface area contributed by atoms with Gasteiger partial charge in [-0.25, -0.2) is 0 Å². The molecule has 1 saturated heterocycles. The van der Waals surface area contributed by atoms with Gasteiger partial charge in [-0.1, -0.05) is 23.2 Å². The molecule has 0 aliphatic carbocycles. The Hall–Kier alpha value is -1.82. The fraction of sp³-hybridized carbons (Fsp3) is 0.400. The van der Waals surface area contributed by atoms with E-state index in [0.29, 0.717) is 48.3 Å². The Balaban J connectivity index is 1.58. The van der Waals surface area contributed by atoms with Gasteiger partial charge in [0.1, 0.15) is 0 Å². The smallest absolute Gasteiger partial charge is 0.253 e. The van der Waals surface area contributed by atoms with E-state index >= 15 is 0 Å². The van der Waals surface area contributed by atoms with Crippen LogP contribution in [0.25, 0.3) is 0 Å². The van der Waals surface area contributed by atoms with Crippen LogP contribution in [-0.2, 0) is 7.05 Å². The van der Waals surface area contributed by atoms with Crippen molar-refractivity contribution >= 4 is 34.9 Å². The summed E-state index contributed by atoms with van der Waals surface area (Å²) < 4.78 is 2.03. The van der Waals surface area contributed by atoms with Crippen LogP contribution in [0.2, 0.25) is 10.0 Å². The molecular weight excluding hydrogens is 385 g/mol. The minimum Gasteiger partial charge on any atom is -0.351 e.